The van der Waals surface area contributed by atoms with Gasteiger partial charge in [-0.05, 0) is 35.6 Å². The first-order chi connectivity index (χ1) is 9.20. The number of carboxylic acid groups (broad SMARTS) is 1. The van der Waals surface area contributed by atoms with Crippen molar-refractivity contribution in [1.29, 1.82) is 0 Å². The van der Waals surface area contributed by atoms with Gasteiger partial charge >= 0.3 is 5.97 Å². The lowest BCUT2D eigenvalue weighted by molar-refractivity contribution is -0.141. The van der Waals surface area contributed by atoms with Gasteiger partial charge in [-0.2, -0.15) is 0 Å². The first kappa shape index (κ1) is 13.3. The largest absolute Gasteiger partial charge is 0.481 e. The van der Waals surface area contributed by atoms with E-state index in [0.29, 0.717) is 12.8 Å². The summed E-state index contributed by atoms with van der Waals surface area (Å²) in [5, 5.41) is 9.11. The fourth-order valence-corrected chi connectivity index (χ4v) is 2.10. The third-order valence-corrected chi connectivity index (χ3v) is 3.25. The zero-order valence-corrected chi connectivity index (χ0v) is 10.9. The van der Waals surface area contributed by atoms with Crippen LogP contribution in [0.5, 0.6) is 0 Å². The Hall–Kier alpha value is -2.16. The summed E-state index contributed by atoms with van der Waals surface area (Å²) < 4.78 is 0. The second-order valence-corrected chi connectivity index (χ2v) is 4.59. The quantitative estimate of drug-likeness (QED) is 0.890. The average Bonchev–Trinajstić information content (AvgIpc) is 2.45. The lowest BCUT2D eigenvalue weighted by Crippen LogP contribution is -2.15. The third-order valence-electron chi connectivity index (χ3n) is 3.25. The summed E-state index contributed by atoms with van der Waals surface area (Å²) in [4.78, 5) is 15.2. The number of hydrogen-bond acceptors (Lipinski definition) is 2. The van der Waals surface area contributed by atoms with Crippen LogP contribution in [0.2, 0.25) is 0 Å². The standard InChI is InChI=1S/C16H17NO2/c1-2-13(16(18)19)9-12-5-3-6-14(10-12)15-7-4-8-17-11-15/h3-8,10-11,13H,2,9H2,1H3,(H,18,19). The molecule has 1 aromatic carbocycles. The van der Waals surface area contributed by atoms with Crippen LogP contribution in [0.25, 0.3) is 11.1 Å². The van der Waals surface area contributed by atoms with Crippen molar-refractivity contribution in [1.82, 2.24) is 4.98 Å². The van der Waals surface area contributed by atoms with Crippen LogP contribution in [0.15, 0.2) is 48.8 Å². The van der Waals surface area contributed by atoms with Gasteiger partial charge in [-0.3, -0.25) is 9.78 Å². The van der Waals surface area contributed by atoms with Crippen LogP contribution in [0.1, 0.15) is 18.9 Å². The zero-order chi connectivity index (χ0) is 13.7. The van der Waals surface area contributed by atoms with Crippen molar-refractivity contribution in [3.63, 3.8) is 0 Å². The number of carboxylic acids is 1. The SMILES string of the molecule is CCC(Cc1cccc(-c2cccnc2)c1)C(=O)O. The summed E-state index contributed by atoms with van der Waals surface area (Å²) in [6.45, 7) is 1.91. The maximum absolute atomic E-state index is 11.1. The Kier molecular flexibility index (Phi) is 4.29. The number of carbonyl (C=O) groups is 1. The van der Waals surface area contributed by atoms with Gasteiger partial charge in [0, 0.05) is 12.4 Å². The normalized spacial score (nSPS) is 12.1. The minimum Gasteiger partial charge on any atom is -0.481 e. The molecular weight excluding hydrogens is 238 g/mol. The van der Waals surface area contributed by atoms with Crippen LogP contribution < -0.4 is 0 Å². The molecule has 0 radical (unpaired) electrons. The van der Waals surface area contributed by atoms with Gasteiger partial charge in [0.15, 0.2) is 0 Å². The zero-order valence-electron chi connectivity index (χ0n) is 10.9. The predicted octanol–water partition coefficient (Wildman–Crippen LogP) is 3.40. The summed E-state index contributed by atoms with van der Waals surface area (Å²) in [5.41, 5.74) is 3.18. The molecule has 0 aliphatic rings. The topological polar surface area (TPSA) is 50.2 Å². The molecule has 1 atom stereocenters. The minimum atomic E-state index is -0.728. The van der Waals surface area contributed by atoms with Gasteiger partial charge in [-0.25, -0.2) is 0 Å². The van der Waals surface area contributed by atoms with E-state index in [9.17, 15) is 4.79 Å². The molecule has 0 aliphatic carbocycles. The average molecular weight is 255 g/mol. The van der Waals surface area contributed by atoms with E-state index in [2.05, 4.69) is 4.98 Å². The highest BCUT2D eigenvalue weighted by atomic mass is 16.4. The maximum atomic E-state index is 11.1. The smallest absolute Gasteiger partial charge is 0.306 e. The molecule has 3 nitrogen and oxygen atoms in total. The van der Waals surface area contributed by atoms with E-state index in [1.54, 1.807) is 6.20 Å². The summed E-state index contributed by atoms with van der Waals surface area (Å²) in [6.07, 6.45) is 4.77. The number of benzene rings is 1. The molecule has 2 rings (SSSR count). The third kappa shape index (κ3) is 3.41. The molecule has 1 aromatic heterocycles. The number of aliphatic carboxylic acids is 1. The van der Waals surface area contributed by atoms with Crippen LogP contribution in [-0.2, 0) is 11.2 Å². The van der Waals surface area contributed by atoms with E-state index in [0.717, 1.165) is 16.7 Å². The van der Waals surface area contributed by atoms with Gasteiger partial charge in [0.1, 0.15) is 0 Å². The van der Waals surface area contributed by atoms with Crippen molar-refractivity contribution in [3.05, 3.63) is 54.4 Å². The Labute approximate surface area is 112 Å². The van der Waals surface area contributed by atoms with E-state index in [1.807, 2.05) is 49.5 Å². The second kappa shape index (κ2) is 6.14. The Morgan fingerprint density at radius 2 is 2.05 bits per heavy atom. The molecule has 0 saturated carbocycles. The van der Waals surface area contributed by atoms with E-state index < -0.39 is 5.97 Å². The van der Waals surface area contributed by atoms with Crippen LogP contribution in [-0.4, -0.2) is 16.1 Å². The number of aromatic nitrogens is 1. The highest BCUT2D eigenvalue weighted by Gasteiger charge is 2.15. The van der Waals surface area contributed by atoms with Crippen LogP contribution in [0.3, 0.4) is 0 Å². The van der Waals surface area contributed by atoms with Gasteiger partial charge in [0.2, 0.25) is 0 Å². The number of hydrogen-bond donors (Lipinski definition) is 1. The highest BCUT2D eigenvalue weighted by Crippen LogP contribution is 2.21. The maximum Gasteiger partial charge on any atom is 0.306 e. The summed E-state index contributed by atoms with van der Waals surface area (Å²) in [6, 6.07) is 11.9. The highest BCUT2D eigenvalue weighted by molar-refractivity contribution is 5.70. The van der Waals surface area contributed by atoms with Crippen molar-refractivity contribution >= 4 is 5.97 Å². The molecular formula is C16H17NO2. The Bertz CT molecular complexity index is 552. The van der Waals surface area contributed by atoms with Crippen LogP contribution in [0.4, 0.5) is 0 Å². The van der Waals surface area contributed by atoms with Crippen LogP contribution in [0, 0.1) is 5.92 Å². The molecule has 0 spiro atoms. The summed E-state index contributed by atoms with van der Waals surface area (Å²) in [7, 11) is 0. The van der Waals surface area contributed by atoms with E-state index in [-0.39, 0.29) is 5.92 Å². The lowest BCUT2D eigenvalue weighted by Gasteiger charge is -2.10. The minimum absolute atomic E-state index is 0.316. The van der Waals surface area contributed by atoms with E-state index in [4.69, 9.17) is 5.11 Å². The number of nitrogens with zero attached hydrogens (tertiary/aromatic N) is 1. The molecule has 0 amide bonds. The molecule has 0 bridgehead atoms. The Morgan fingerprint density at radius 1 is 1.26 bits per heavy atom. The Morgan fingerprint density at radius 3 is 2.68 bits per heavy atom. The van der Waals surface area contributed by atoms with Gasteiger partial charge in [-0.15, -0.1) is 0 Å². The van der Waals surface area contributed by atoms with Gasteiger partial charge in [0.25, 0.3) is 0 Å². The van der Waals surface area contributed by atoms with E-state index >= 15 is 0 Å². The monoisotopic (exact) mass is 255 g/mol. The molecule has 0 saturated heterocycles. The molecule has 0 fully saturated rings. The lowest BCUT2D eigenvalue weighted by atomic mass is 9.95. The van der Waals surface area contributed by atoms with Gasteiger partial charge in [0.05, 0.1) is 5.92 Å². The number of pyridine rings is 1. The Balaban J connectivity index is 2.23. The first-order valence-corrected chi connectivity index (χ1v) is 6.43. The first-order valence-electron chi connectivity index (χ1n) is 6.43. The summed E-state index contributed by atoms with van der Waals surface area (Å²) >= 11 is 0. The fraction of sp³-hybridized carbons (Fsp3) is 0.250. The van der Waals surface area contributed by atoms with Crippen molar-refractivity contribution in [2.75, 3.05) is 0 Å². The van der Waals surface area contributed by atoms with Gasteiger partial charge in [-0.1, -0.05) is 37.3 Å². The second-order valence-electron chi connectivity index (χ2n) is 4.59. The molecule has 1 unspecified atom stereocenters. The number of rotatable bonds is 5. The van der Waals surface area contributed by atoms with Crippen molar-refractivity contribution in [2.45, 2.75) is 19.8 Å². The molecule has 0 aliphatic heterocycles. The predicted molar refractivity (Wildman–Crippen MR) is 74.8 cm³/mol. The van der Waals surface area contributed by atoms with Crippen molar-refractivity contribution in [2.24, 2.45) is 5.92 Å². The molecule has 3 heteroatoms. The molecule has 1 heterocycles. The molecule has 1 N–H and O–H groups in total. The molecule has 98 valence electrons. The van der Waals surface area contributed by atoms with Crippen molar-refractivity contribution in [3.8, 4) is 11.1 Å². The molecule has 2 aromatic rings. The summed E-state index contributed by atoms with van der Waals surface area (Å²) in [5.74, 6) is -1.04. The van der Waals surface area contributed by atoms with Gasteiger partial charge < -0.3 is 5.11 Å². The van der Waals surface area contributed by atoms with Crippen molar-refractivity contribution < 1.29 is 9.90 Å². The van der Waals surface area contributed by atoms with E-state index in [1.165, 1.54) is 0 Å². The van der Waals surface area contributed by atoms with Crippen LogP contribution >= 0.6 is 0 Å². The molecule has 19 heavy (non-hydrogen) atoms. The fourth-order valence-electron chi connectivity index (χ4n) is 2.10.